The summed E-state index contributed by atoms with van der Waals surface area (Å²) in [5, 5.41) is 0.598. The summed E-state index contributed by atoms with van der Waals surface area (Å²) in [7, 11) is 4.30. The molecule has 106 valence electrons. The molecule has 0 aliphatic carbocycles. The van der Waals surface area contributed by atoms with E-state index in [-0.39, 0.29) is 12.2 Å². The Kier molecular flexibility index (Phi) is 3.93. The molecule has 6 heteroatoms. The third kappa shape index (κ3) is 2.32. The quantitative estimate of drug-likeness (QED) is 0.513. The van der Waals surface area contributed by atoms with Gasteiger partial charge in [-0.05, 0) is 12.1 Å². The third-order valence-corrected chi connectivity index (χ3v) is 3.03. The lowest BCUT2D eigenvalue weighted by Crippen LogP contribution is -2.09. The van der Waals surface area contributed by atoms with Crippen LogP contribution in [0.4, 0.5) is 0 Å². The van der Waals surface area contributed by atoms with Crippen LogP contribution in [0.5, 0.6) is 11.5 Å². The van der Waals surface area contributed by atoms with Crippen LogP contribution in [0.1, 0.15) is 16.8 Å². The Bertz CT molecular complexity index is 659. The van der Waals surface area contributed by atoms with Gasteiger partial charge in [0.15, 0.2) is 5.78 Å². The number of benzene rings is 1. The van der Waals surface area contributed by atoms with Gasteiger partial charge in [-0.2, -0.15) is 0 Å². The zero-order chi connectivity index (χ0) is 14.7. The molecule has 1 aromatic heterocycles. The number of hydrogen-bond donors (Lipinski definition) is 1. The first kappa shape index (κ1) is 13.9. The van der Waals surface area contributed by atoms with Gasteiger partial charge >= 0.3 is 5.97 Å². The van der Waals surface area contributed by atoms with Gasteiger partial charge in [0, 0.05) is 11.8 Å². The first-order valence-electron chi connectivity index (χ1n) is 5.94. The molecule has 0 atom stereocenters. The van der Waals surface area contributed by atoms with Crippen molar-refractivity contribution in [1.82, 2.24) is 4.98 Å². The molecule has 2 rings (SSSR count). The number of ketones is 1. The van der Waals surface area contributed by atoms with Crippen LogP contribution < -0.4 is 9.47 Å². The highest BCUT2D eigenvalue weighted by molar-refractivity contribution is 6.15. The number of methoxy groups -OCH3 is 3. The van der Waals surface area contributed by atoms with Gasteiger partial charge in [0.05, 0.1) is 32.2 Å². The molecule has 0 amide bonds. The zero-order valence-electron chi connectivity index (χ0n) is 11.5. The van der Waals surface area contributed by atoms with Crippen molar-refractivity contribution in [2.24, 2.45) is 0 Å². The molecule has 0 saturated heterocycles. The molecule has 0 fully saturated rings. The number of carbonyl (C=O) groups is 2. The van der Waals surface area contributed by atoms with Crippen molar-refractivity contribution in [3.8, 4) is 11.5 Å². The fourth-order valence-electron chi connectivity index (χ4n) is 2.05. The number of nitrogens with one attached hydrogen (secondary N) is 1. The summed E-state index contributed by atoms with van der Waals surface area (Å²) in [5.74, 6) is 0.217. The van der Waals surface area contributed by atoms with Crippen LogP contribution in [0.3, 0.4) is 0 Å². The second-order valence-corrected chi connectivity index (χ2v) is 4.10. The Morgan fingerprint density at radius 3 is 2.35 bits per heavy atom. The number of fused-ring (bicyclic) bond motifs is 1. The van der Waals surface area contributed by atoms with Gasteiger partial charge in [-0.15, -0.1) is 0 Å². The summed E-state index contributed by atoms with van der Waals surface area (Å²) in [6.45, 7) is 0. The first-order valence-corrected chi connectivity index (χ1v) is 5.94. The second-order valence-electron chi connectivity index (χ2n) is 4.10. The van der Waals surface area contributed by atoms with Gasteiger partial charge in [-0.1, -0.05) is 0 Å². The summed E-state index contributed by atoms with van der Waals surface area (Å²) in [6, 6.07) is 3.45. The molecule has 2 aromatic rings. The van der Waals surface area contributed by atoms with Crippen molar-refractivity contribution in [2.75, 3.05) is 21.3 Å². The molecule has 0 saturated carbocycles. The largest absolute Gasteiger partial charge is 0.496 e. The molecule has 20 heavy (non-hydrogen) atoms. The maximum absolute atomic E-state index is 12.1. The zero-order valence-corrected chi connectivity index (χ0v) is 11.5. The maximum atomic E-state index is 12.1. The Morgan fingerprint density at radius 1 is 1.10 bits per heavy atom. The van der Waals surface area contributed by atoms with Crippen molar-refractivity contribution >= 4 is 22.7 Å². The van der Waals surface area contributed by atoms with E-state index in [0.29, 0.717) is 28.0 Å². The highest BCUT2D eigenvalue weighted by atomic mass is 16.5. The molecule has 0 bridgehead atoms. The average molecular weight is 277 g/mol. The average Bonchev–Trinajstić information content (AvgIpc) is 2.91. The van der Waals surface area contributed by atoms with Crippen LogP contribution in [0.25, 0.3) is 10.9 Å². The lowest BCUT2D eigenvalue weighted by atomic mass is 10.1. The topological polar surface area (TPSA) is 77.6 Å². The normalized spacial score (nSPS) is 10.3. The minimum Gasteiger partial charge on any atom is -0.496 e. The molecule has 1 aromatic carbocycles. The van der Waals surface area contributed by atoms with Crippen molar-refractivity contribution in [3.05, 3.63) is 23.9 Å². The Balaban J connectivity index is 2.54. The predicted molar refractivity (Wildman–Crippen MR) is 72.4 cm³/mol. The van der Waals surface area contributed by atoms with Crippen molar-refractivity contribution in [2.45, 2.75) is 6.42 Å². The minimum absolute atomic E-state index is 0.316. The van der Waals surface area contributed by atoms with Crippen LogP contribution in [-0.2, 0) is 9.53 Å². The molecular weight excluding hydrogens is 262 g/mol. The Hall–Kier alpha value is -2.50. The van der Waals surface area contributed by atoms with Crippen LogP contribution in [-0.4, -0.2) is 38.1 Å². The van der Waals surface area contributed by atoms with E-state index in [1.165, 1.54) is 21.3 Å². The molecular formula is C14H15NO5. The Labute approximate surface area is 115 Å². The number of aromatic nitrogens is 1. The van der Waals surface area contributed by atoms with Crippen LogP contribution in [0.15, 0.2) is 18.3 Å². The number of esters is 1. The third-order valence-electron chi connectivity index (χ3n) is 3.03. The monoisotopic (exact) mass is 277 g/mol. The lowest BCUT2D eigenvalue weighted by molar-refractivity contribution is -0.139. The molecule has 0 aliphatic rings. The first-order chi connectivity index (χ1) is 9.62. The van der Waals surface area contributed by atoms with E-state index in [1.54, 1.807) is 18.3 Å². The number of aromatic amines is 1. The molecule has 0 aliphatic heterocycles. The number of hydrogen-bond acceptors (Lipinski definition) is 5. The summed E-state index contributed by atoms with van der Waals surface area (Å²) < 4.78 is 15.0. The van der Waals surface area contributed by atoms with E-state index >= 15 is 0 Å². The van der Waals surface area contributed by atoms with Gasteiger partial charge in [0.25, 0.3) is 0 Å². The van der Waals surface area contributed by atoms with Gasteiger partial charge in [0.2, 0.25) is 0 Å². The van der Waals surface area contributed by atoms with E-state index in [4.69, 9.17) is 9.47 Å². The summed E-state index contributed by atoms with van der Waals surface area (Å²) in [4.78, 5) is 26.3. The van der Waals surface area contributed by atoms with Crippen LogP contribution in [0.2, 0.25) is 0 Å². The summed E-state index contributed by atoms with van der Waals surface area (Å²) in [5.41, 5.74) is 1.03. The van der Waals surface area contributed by atoms with Crippen molar-refractivity contribution in [1.29, 1.82) is 0 Å². The number of ether oxygens (including phenoxy) is 3. The van der Waals surface area contributed by atoms with Crippen LogP contribution >= 0.6 is 0 Å². The predicted octanol–water partition coefficient (Wildman–Crippen LogP) is 1.93. The van der Waals surface area contributed by atoms with E-state index in [1.807, 2.05) is 0 Å². The second kappa shape index (κ2) is 5.64. The van der Waals surface area contributed by atoms with E-state index in [0.717, 1.165) is 0 Å². The van der Waals surface area contributed by atoms with Crippen molar-refractivity contribution in [3.63, 3.8) is 0 Å². The molecule has 1 heterocycles. The van der Waals surface area contributed by atoms with Crippen LogP contribution in [0, 0.1) is 0 Å². The Morgan fingerprint density at radius 2 is 1.75 bits per heavy atom. The number of rotatable bonds is 5. The standard InChI is InChI=1S/C14H15NO5/c1-18-10-4-5-11(19-2)14-13(10)8(7-15-14)9(16)6-12(17)20-3/h4-5,7,15H,6H2,1-3H3. The molecule has 0 spiro atoms. The number of H-pyrrole nitrogens is 1. The van der Waals surface area contributed by atoms with E-state index < -0.39 is 5.97 Å². The van der Waals surface area contributed by atoms with Gasteiger partial charge in [0.1, 0.15) is 17.9 Å². The maximum Gasteiger partial charge on any atom is 0.313 e. The molecule has 0 radical (unpaired) electrons. The number of carbonyl (C=O) groups excluding carboxylic acids is 2. The summed E-state index contributed by atoms with van der Waals surface area (Å²) in [6.07, 6.45) is 1.23. The minimum atomic E-state index is -0.578. The fraction of sp³-hybridized carbons (Fsp3) is 0.286. The fourth-order valence-corrected chi connectivity index (χ4v) is 2.05. The van der Waals surface area contributed by atoms with E-state index in [2.05, 4.69) is 9.72 Å². The highest BCUT2D eigenvalue weighted by Crippen LogP contribution is 2.35. The van der Waals surface area contributed by atoms with E-state index in [9.17, 15) is 9.59 Å². The highest BCUT2D eigenvalue weighted by Gasteiger charge is 2.20. The summed E-state index contributed by atoms with van der Waals surface area (Å²) >= 11 is 0. The molecule has 0 unspecified atom stereocenters. The van der Waals surface area contributed by atoms with Gasteiger partial charge in [-0.25, -0.2) is 0 Å². The lowest BCUT2D eigenvalue weighted by Gasteiger charge is -2.07. The van der Waals surface area contributed by atoms with Gasteiger partial charge in [-0.3, -0.25) is 9.59 Å². The smallest absolute Gasteiger partial charge is 0.313 e. The SMILES string of the molecule is COC(=O)CC(=O)c1c[nH]c2c(OC)ccc(OC)c12. The molecule has 1 N–H and O–H groups in total. The molecule has 6 nitrogen and oxygen atoms in total. The number of Topliss-reactive ketones (excluding diaryl/α,β-unsaturated/α-hetero) is 1. The van der Waals surface area contributed by atoms with Gasteiger partial charge < -0.3 is 19.2 Å². The van der Waals surface area contributed by atoms with Crippen molar-refractivity contribution < 1.29 is 23.8 Å².